The van der Waals surface area contributed by atoms with Gasteiger partial charge in [-0.2, -0.15) is 13.2 Å². The topological polar surface area (TPSA) is 70.4 Å². The Labute approximate surface area is 137 Å². The van der Waals surface area contributed by atoms with Gasteiger partial charge in [0.25, 0.3) is 5.91 Å². The van der Waals surface area contributed by atoms with Crippen molar-refractivity contribution < 1.29 is 22.4 Å². The van der Waals surface area contributed by atoms with Crippen molar-refractivity contribution in [2.45, 2.75) is 25.2 Å². The van der Waals surface area contributed by atoms with Crippen molar-refractivity contribution in [3.63, 3.8) is 0 Å². The molecule has 0 spiro atoms. The van der Waals surface area contributed by atoms with E-state index in [0.717, 1.165) is 0 Å². The number of nitrogens with zero attached hydrogens (tertiary/aromatic N) is 1. The number of nitrogens with two attached hydrogens (primary N) is 1. The van der Waals surface area contributed by atoms with Crippen LogP contribution in [0.25, 0.3) is 0 Å². The summed E-state index contributed by atoms with van der Waals surface area (Å²) in [5, 5.41) is 4.72. The lowest BCUT2D eigenvalue weighted by Crippen LogP contribution is -2.38. The largest absolute Gasteiger partial charge is 0.405 e. The fraction of sp³-hybridized carbons (Fsp3) is 0.533. The third-order valence-electron chi connectivity index (χ3n) is 3.90. The van der Waals surface area contributed by atoms with Crippen molar-refractivity contribution in [1.82, 2.24) is 5.32 Å². The highest BCUT2D eigenvalue weighted by molar-refractivity contribution is 6.02. The molecule has 0 atom stereocenters. The third-order valence-corrected chi connectivity index (χ3v) is 3.90. The third kappa shape index (κ3) is 4.42. The highest BCUT2D eigenvalue weighted by Gasteiger charge is 2.29. The molecule has 1 aromatic rings. The first-order valence-corrected chi connectivity index (χ1v) is 7.56. The van der Waals surface area contributed by atoms with Gasteiger partial charge in [0, 0.05) is 20.1 Å². The van der Waals surface area contributed by atoms with Crippen molar-refractivity contribution in [1.29, 1.82) is 0 Å². The van der Waals surface area contributed by atoms with Gasteiger partial charge in [0.1, 0.15) is 12.7 Å². The average Bonchev–Trinajstić information content (AvgIpc) is 2.52. The molecule has 0 saturated carbocycles. The molecule has 2 rings (SSSR count). The van der Waals surface area contributed by atoms with Gasteiger partial charge in [-0.05, 0) is 25.0 Å². The van der Waals surface area contributed by atoms with Crippen molar-refractivity contribution >= 4 is 23.0 Å². The standard InChI is InChI=1S/C15H20F4N4O/c1-21-12-7-13(23-4-2-9(16)3-5-23)10(6-11(12)20)14(24)22-8-15(17,18)19/h6-7,9,21H,2-5,8,20H2,1H3,(H,22,24). The minimum absolute atomic E-state index is 0.0491. The molecular weight excluding hydrogens is 328 g/mol. The Balaban J connectivity index is 2.31. The summed E-state index contributed by atoms with van der Waals surface area (Å²) in [5.74, 6) is -0.862. The van der Waals surface area contributed by atoms with E-state index in [0.29, 0.717) is 37.3 Å². The minimum Gasteiger partial charge on any atom is -0.397 e. The number of hydrogen-bond donors (Lipinski definition) is 3. The van der Waals surface area contributed by atoms with Gasteiger partial charge in [-0.1, -0.05) is 0 Å². The molecule has 24 heavy (non-hydrogen) atoms. The number of anilines is 3. The second kappa shape index (κ2) is 7.14. The van der Waals surface area contributed by atoms with E-state index < -0.39 is 24.8 Å². The van der Waals surface area contributed by atoms with E-state index >= 15 is 0 Å². The maximum absolute atomic E-state index is 13.3. The van der Waals surface area contributed by atoms with Crippen molar-refractivity contribution in [3.8, 4) is 0 Å². The molecule has 134 valence electrons. The number of rotatable bonds is 4. The van der Waals surface area contributed by atoms with E-state index in [1.165, 1.54) is 6.07 Å². The monoisotopic (exact) mass is 348 g/mol. The highest BCUT2D eigenvalue weighted by Crippen LogP contribution is 2.32. The molecule has 0 aromatic heterocycles. The summed E-state index contributed by atoms with van der Waals surface area (Å²) in [7, 11) is 1.65. The van der Waals surface area contributed by atoms with Crippen molar-refractivity contribution in [3.05, 3.63) is 17.7 Å². The van der Waals surface area contributed by atoms with Gasteiger partial charge in [0.15, 0.2) is 0 Å². The van der Waals surface area contributed by atoms with Crippen LogP contribution in [-0.4, -0.2) is 44.9 Å². The molecule has 1 aliphatic heterocycles. The Morgan fingerprint density at radius 1 is 1.33 bits per heavy atom. The Morgan fingerprint density at radius 3 is 2.50 bits per heavy atom. The van der Waals surface area contributed by atoms with Gasteiger partial charge in [0.2, 0.25) is 0 Å². The van der Waals surface area contributed by atoms with Crippen LogP contribution in [0.3, 0.4) is 0 Å². The Kier molecular flexibility index (Phi) is 5.40. The molecule has 5 nitrogen and oxygen atoms in total. The van der Waals surface area contributed by atoms with Gasteiger partial charge in [0.05, 0.1) is 22.6 Å². The number of nitrogens with one attached hydrogen (secondary N) is 2. The Morgan fingerprint density at radius 2 is 1.96 bits per heavy atom. The first-order chi connectivity index (χ1) is 11.2. The molecular formula is C15H20F4N4O. The van der Waals surface area contributed by atoms with Crippen LogP contribution >= 0.6 is 0 Å². The van der Waals surface area contributed by atoms with Crippen molar-refractivity contribution in [2.24, 2.45) is 0 Å². The lowest BCUT2D eigenvalue weighted by molar-refractivity contribution is -0.123. The number of benzene rings is 1. The zero-order valence-electron chi connectivity index (χ0n) is 13.2. The van der Waals surface area contributed by atoms with Crippen molar-refractivity contribution in [2.75, 3.05) is 42.6 Å². The van der Waals surface area contributed by atoms with E-state index in [2.05, 4.69) is 5.32 Å². The number of carbonyl (C=O) groups excluding carboxylic acids is 1. The number of hydrogen-bond acceptors (Lipinski definition) is 4. The SMILES string of the molecule is CNc1cc(N2CCC(F)CC2)c(C(=O)NCC(F)(F)F)cc1N. The lowest BCUT2D eigenvalue weighted by Gasteiger charge is -2.32. The van der Waals surface area contributed by atoms with E-state index in [4.69, 9.17) is 5.73 Å². The van der Waals surface area contributed by atoms with Crippen LogP contribution in [0, 0.1) is 0 Å². The molecule has 1 aromatic carbocycles. The predicted molar refractivity (Wildman–Crippen MR) is 85.1 cm³/mol. The zero-order valence-corrected chi connectivity index (χ0v) is 13.2. The van der Waals surface area contributed by atoms with E-state index in [9.17, 15) is 22.4 Å². The molecule has 1 fully saturated rings. The summed E-state index contributed by atoms with van der Waals surface area (Å²) < 4.78 is 50.3. The van der Waals surface area contributed by atoms with Crippen LogP contribution in [0.5, 0.6) is 0 Å². The van der Waals surface area contributed by atoms with Crippen LogP contribution < -0.4 is 21.3 Å². The fourth-order valence-electron chi connectivity index (χ4n) is 2.63. The molecule has 1 heterocycles. The number of halogens is 4. The van der Waals surface area contributed by atoms with Gasteiger partial charge < -0.3 is 21.3 Å². The van der Waals surface area contributed by atoms with Crippen LogP contribution in [0.15, 0.2) is 12.1 Å². The van der Waals surface area contributed by atoms with E-state index in [-0.39, 0.29) is 11.3 Å². The number of alkyl halides is 4. The predicted octanol–water partition coefficient (Wildman–Crippen LogP) is 2.54. The normalized spacial score (nSPS) is 16.1. The molecule has 0 bridgehead atoms. The van der Waals surface area contributed by atoms with Gasteiger partial charge in [-0.15, -0.1) is 0 Å². The number of piperidine rings is 1. The summed E-state index contributed by atoms with van der Waals surface area (Å²) in [6, 6.07) is 2.95. The summed E-state index contributed by atoms with van der Waals surface area (Å²) in [6.07, 6.45) is -4.79. The first kappa shape index (κ1) is 18.2. The summed E-state index contributed by atoms with van der Waals surface area (Å²) >= 11 is 0. The molecule has 1 saturated heterocycles. The van der Waals surface area contributed by atoms with Crippen LogP contribution in [-0.2, 0) is 0 Å². The fourth-order valence-corrected chi connectivity index (χ4v) is 2.63. The average molecular weight is 348 g/mol. The second-order valence-corrected chi connectivity index (χ2v) is 5.67. The first-order valence-electron chi connectivity index (χ1n) is 7.56. The van der Waals surface area contributed by atoms with Crippen LogP contribution in [0.2, 0.25) is 0 Å². The number of amides is 1. The highest BCUT2D eigenvalue weighted by atomic mass is 19.4. The number of carbonyl (C=O) groups is 1. The Bertz CT molecular complexity index is 598. The van der Waals surface area contributed by atoms with E-state index in [1.54, 1.807) is 18.0 Å². The minimum atomic E-state index is -4.50. The molecule has 0 radical (unpaired) electrons. The Hall–Kier alpha value is -2.19. The maximum Gasteiger partial charge on any atom is 0.405 e. The van der Waals surface area contributed by atoms with Crippen LogP contribution in [0.4, 0.5) is 34.6 Å². The van der Waals surface area contributed by atoms with Gasteiger partial charge >= 0.3 is 6.18 Å². The lowest BCUT2D eigenvalue weighted by atomic mass is 10.0. The smallest absolute Gasteiger partial charge is 0.397 e. The molecule has 0 aliphatic carbocycles. The van der Waals surface area contributed by atoms with Gasteiger partial charge in [-0.25, -0.2) is 4.39 Å². The summed E-state index contributed by atoms with van der Waals surface area (Å²) in [4.78, 5) is 14.0. The second-order valence-electron chi connectivity index (χ2n) is 5.67. The molecule has 9 heteroatoms. The molecule has 1 aliphatic rings. The molecule has 1 amide bonds. The molecule has 0 unspecified atom stereocenters. The number of nitrogen functional groups attached to an aromatic ring is 1. The van der Waals surface area contributed by atoms with E-state index in [1.807, 2.05) is 5.32 Å². The quantitative estimate of drug-likeness (QED) is 0.578. The summed E-state index contributed by atoms with van der Waals surface area (Å²) in [5.41, 5.74) is 7.13. The maximum atomic E-state index is 13.3. The van der Waals surface area contributed by atoms with Gasteiger partial charge in [-0.3, -0.25) is 4.79 Å². The van der Waals surface area contributed by atoms with Crippen LogP contribution in [0.1, 0.15) is 23.2 Å². The summed E-state index contributed by atoms with van der Waals surface area (Å²) in [6.45, 7) is -0.660. The zero-order chi connectivity index (χ0) is 17.9. The molecule has 4 N–H and O–H groups in total.